The third-order valence-electron chi connectivity index (χ3n) is 5.16. The highest BCUT2D eigenvalue weighted by Gasteiger charge is 2.19. The molecule has 0 atom stereocenters. The van der Waals surface area contributed by atoms with Crippen molar-refractivity contribution in [2.24, 2.45) is 0 Å². The quantitative estimate of drug-likeness (QED) is 0.355. The second-order valence-corrected chi connectivity index (χ2v) is 8.73. The molecular formula is C24H25N5O3S. The predicted octanol–water partition coefficient (Wildman–Crippen LogP) is 5.07. The molecule has 4 aromatic rings. The minimum absolute atomic E-state index is 0.000849. The zero-order chi connectivity index (χ0) is 23.5. The van der Waals surface area contributed by atoms with Crippen molar-refractivity contribution in [3.63, 3.8) is 0 Å². The van der Waals surface area contributed by atoms with Crippen LogP contribution in [0, 0.1) is 0 Å². The van der Waals surface area contributed by atoms with Gasteiger partial charge in [-0.1, -0.05) is 19.1 Å². The highest BCUT2D eigenvalue weighted by Crippen LogP contribution is 2.29. The zero-order valence-corrected chi connectivity index (χ0v) is 19.8. The molecule has 0 saturated carbocycles. The highest BCUT2D eigenvalue weighted by molar-refractivity contribution is 7.14. The largest absolute Gasteiger partial charge is 0.456 e. The number of aryl methyl sites for hydroxylation is 1. The normalized spacial score (nSPS) is 11.2. The summed E-state index contributed by atoms with van der Waals surface area (Å²) in [5, 5.41) is 7.41. The van der Waals surface area contributed by atoms with Crippen molar-refractivity contribution in [2.75, 3.05) is 4.90 Å². The lowest BCUT2D eigenvalue weighted by Gasteiger charge is -2.18. The molecule has 4 rings (SSSR count). The number of amides is 1. The Morgan fingerprint density at radius 3 is 2.61 bits per heavy atom. The first-order chi connectivity index (χ1) is 15.9. The Hall–Kier alpha value is -3.59. The van der Waals surface area contributed by atoms with E-state index in [0.717, 1.165) is 23.1 Å². The zero-order valence-electron chi connectivity index (χ0n) is 19.0. The van der Waals surface area contributed by atoms with Crippen molar-refractivity contribution < 1.29 is 14.3 Å². The van der Waals surface area contributed by atoms with Crippen molar-refractivity contribution >= 4 is 45.1 Å². The second kappa shape index (κ2) is 9.50. The molecule has 1 amide bonds. The molecule has 33 heavy (non-hydrogen) atoms. The molecule has 0 aliphatic carbocycles. The van der Waals surface area contributed by atoms with E-state index in [4.69, 9.17) is 4.74 Å². The van der Waals surface area contributed by atoms with Crippen LogP contribution in [0.4, 0.5) is 10.8 Å². The summed E-state index contributed by atoms with van der Waals surface area (Å²) in [5.74, 6) is -0.631. The van der Waals surface area contributed by atoms with E-state index in [2.05, 4.69) is 22.0 Å². The maximum Gasteiger partial charge on any atom is 0.340 e. The number of fused-ring (bicyclic) bond motifs is 1. The highest BCUT2D eigenvalue weighted by atomic mass is 32.1. The molecule has 0 spiro atoms. The Kier molecular flexibility index (Phi) is 6.50. The smallest absolute Gasteiger partial charge is 0.340 e. The number of esters is 1. The molecular weight excluding hydrogens is 438 g/mol. The molecule has 9 heteroatoms. The molecule has 0 bridgehead atoms. The number of anilines is 2. The van der Waals surface area contributed by atoms with Crippen molar-refractivity contribution in [1.29, 1.82) is 0 Å². The number of nitrogens with zero attached hydrogens (tertiary/aromatic N) is 5. The van der Waals surface area contributed by atoms with Gasteiger partial charge >= 0.3 is 5.97 Å². The van der Waals surface area contributed by atoms with Gasteiger partial charge in [-0.15, -0.1) is 11.3 Å². The van der Waals surface area contributed by atoms with Crippen LogP contribution < -0.4 is 4.90 Å². The first-order valence-corrected chi connectivity index (χ1v) is 11.6. The molecule has 0 aliphatic rings. The fourth-order valence-electron chi connectivity index (χ4n) is 3.43. The lowest BCUT2D eigenvalue weighted by atomic mass is 10.1. The van der Waals surface area contributed by atoms with Crippen molar-refractivity contribution in [1.82, 2.24) is 19.7 Å². The number of benzene rings is 1. The standard InChI is InChI=1S/C24H25N5O3S/c1-5-17-6-8-21(9-7-17)28(16(4)30)24-27-20(14-33-24)13-32-23(31)19-10-18-12-26-29(15(2)3)22(18)25-11-19/h6-12,14-15H,5,13H2,1-4H3. The topological polar surface area (TPSA) is 90.2 Å². The van der Waals surface area contributed by atoms with Crippen molar-refractivity contribution in [3.8, 4) is 0 Å². The Labute approximate surface area is 195 Å². The van der Waals surface area contributed by atoms with Crippen LogP contribution in [-0.4, -0.2) is 31.6 Å². The van der Waals surface area contributed by atoms with Gasteiger partial charge in [-0.2, -0.15) is 5.10 Å². The first kappa shape index (κ1) is 22.6. The van der Waals surface area contributed by atoms with E-state index in [1.165, 1.54) is 30.0 Å². The van der Waals surface area contributed by atoms with Crippen LogP contribution in [0.25, 0.3) is 11.0 Å². The number of thiazole rings is 1. The second-order valence-electron chi connectivity index (χ2n) is 7.89. The number of aromatic nitrogens is 4. The molecule has 3 aromatic heterocycles. The molecule has 0 fully saturated rings. The number of hydrogen-bond acceptors (Lipinski definition) is 7. The number of carbonyl (C=O) groups excluding carboxylic acids is 2. The van der Waals surface area contributed by atoms with E-state index in [1.807, 2.05) is 38.1 Å². The van der Waals surface area contributed by atoms with Gasteiger partial charge in [0.2, 0.25) is 5.91 Å². The van der Waals surface area contributed by atoms with E-state index in [-0.39, 0.29) is 18.6 Å². The molecule has 1 aromatic carbocycles. The Bertz CT molecular complexity index is 1290. The van der Waals surface area contributed by atoms with Gasteiger partial charge in [0.15, 0.2) is 10.8 Å². The van der Waals surface area contributed by atoms with E-state index in [9.17, 15) is 9.59 Å². The van der Waals surface area contributed by atoms with Crippen LogP contribution in [0.5, 0.6) is 0 Å². The lowest BCUT2D eigenvalue weighted by Crippen LogP contribution is -2.22. The minimum atomic E-state index is -0.491. The van der Waals surface area contributed by atoms with Gasteiger partial charge in [0.25, 0.3) is 0 Å². The van der Waals surface area contributed by atoms with Crippen LogP contribution in [0.2, 0.25) is 0 Å². The summed E-state index contributed by atoms with van der Waals surface area (Å²) in [6.45, 7) is 7.62. The number of carbonyl (C=O) groups is 2. The fourth-order valence-corrected chi connectivity index (χ4v) is 4.30. The predicted molar refractivity (Wildman–Crippen MR) is 128 cm³/mol. The molecule has 0 radical (unpaired) electrons. The third-order valence-corrected chi connectivity index (χ3v) is 6.03. The van der Waals surface area contributed by atoms with Crippen LogP contribution in [0.1, 0.15) is 55.4 Å². The number of hydrogen-bond donors (Lipinski definition) is 0. The number of rotatable bonds is 7. The summed E-state index contributed by atoms with van der Waals surface area (Å²) in [5.41, 5.74) is 3.59. The summed E-state index contributed by atoms with van der Waals surface area (Å²) < 4.78 is 7.24. The van der Waals surface area contributed by atoms with Crippen LogP contribution >= 0.6 is 11.3 Å². The Morgan fingerprint density at radius 2 is 1.94 bits per heavy atom. The number of ether oxygens (including phenoxy) is 1. The van der Waals surface area contributed by atoms with Crippen LogP contribution in [-0.2, 0) is 22.6 Å². The van der Waals surface area contributed by atoms with Crippen molar-refractivity contribution in [3.05, 3.63) is 64.9 Å². The average molecular weight is 464 g/mol. The van der Waals surface area contributed by atoms with Gasteiger partial charge < -0.3 is 4.74 Å². The summed E-state index contributed by atoms with van der Waals surface area (Å²) in [6, 6.07) is 9.71. The van der Waals surface area contributed by atoms with Gasteiger partial charge in [-0.3, -0.25) is 9.69 Å². The van der Waals surface area contributed by atoms with Crippen LogP contribution in [0.15, 0.2) is 48.1 Å². The van der Waals surface area contributed by atoms with Gasteiger partial charge in [0, 0.05) is 29.9 Å². The Balaban J connectivity index is 1.46. The van der Waals surface area contributed by atoms with Gasteiger partial charge in [0.05, 0.1) is 23.1 Å². The first-order valence-electron chi connectivity index (χ1n) is 10.7. The molecule has 0 saturated heterocycles. The summed E-state index contributed by atoms with van der Waals surface area (Å²) in [7, 11) is 0. The van der Waals surface area contributed by atoms with Crippen molar-refractivity contribution in [2.45, 2.75) is 46.8 Å². The number of pyridine rings is 1. The van der Waals surface area contributed by atoms with E-state index in [1.54, 1.807) is 27.2 Å². The Morgan fingerprint density at radius 1 is 1.18 bits per heavy atom. The molecule has 0 aliphatic heterocycles. The molecule has 3 heterocycles. The molecule has 8 nitrogen and oxygen atoms in total. The average Bonchev–Trinajstić information content (AvgIpc) is 3.44. The van der Waals surface area contributed by atoms with E-state index in [0.29, 0.717) is 16.4 Å². The maximum absolute atomic E-state index is 12.6. The monoisotopic (exact) mass is 463 g/mol. The molecule has 170 valence electrons. The fraction of sp³-hybridized carbons (Fsp3) is 0.292. The van der Waals surface area contributed by atoms with E-state index >= 15 is 0 Å². The van der Waals surface area contributed by atoms with Gasteiger partial charge in [-0.25, -0.2) is 19.4 Å². The van der Waals surface area contributed by atoms with E-state index < -0.39 is 5.97 Å². The van der Waals surface area contributed by atoms with Gasteiger partial charge in [-0.05, 0) is 44.0 Å². The SMILES string of the molecule is CCc1ccc(N(C(C)=O)c2nc(COC(=O)c3cnc4c(cnn4C(C)C)c3)cs2)cc1. The summed E-state index contributed by atoms with van der Waals surface area (Å²) >= 11 is 1.32. The maximum atomic E-state index is 12.6. The van der Waals surface area contributed by atoms with Crippen LogP contribution in [0.3, 0.4) is 0 Å². The summed E-state index contributed by atoms with van der Waals surface area (Å²) in [6.07, 6.45) is 4.11. The molecule has 0 N–H and O–H groups in total. The molecule has 0 unspecified atom stereocenters. The minimum Gasteiger partial charge on any atom is -0.456 e. The summed E-state index contributed by atoms with van der Waals surface area (Å²) in [4.78, 5) is 35.3. The lowest BCUT2D eigenvalue weighted by molar-refractivity contribution is -0.115. The third kappa shape index (κ3) is 4.78. The van der Waals surface area contributed by atoms with Gasteiger partial charge in [0.1, 0.15) is 6.61 Å².